The third kappa shape index (κ3) is 41.6. The van der Waals surface area contributed by atoms with Gasteiger partial charge in [-0.1, -0.05) is 6.07 Å². The maximum absolute atomic E-state index is 14.9. The summed E-state index contributed by atoms with van der Waals surface area (Å²) in [6.45, 7) is -0.534. The number of nitrogens with two attached hydrogens (primary N) is 9. The molecule has 130 heavy (non-hydrogen) atoms. The summed E-state index contributed by atoms with van der Waals surface area (Å²) in [6, 6.07) is 0.748. The number of benzene rings is 3. The van der Waals surface area contributed by atoms with Crippen molar-refractivity contribution in [2.24, 2.45) is 51.6 Å². The fourth-order valence-corrected chi connectivity index (χ4v) is 12.9. The molecule has 52 nitrogen and oxygen atoms in total. The fraction of sp³-hybridized carbons (Fsp3) is 0.481. The smallest absolute Gasteiger partial charge is 0.336 e. The number of primary amides is 2. The van der Waals surface area contributed by atoms with E-state index in [1.807, 2.05) is 0 Å². The monoisotopic (exact) mass is 1840 g/mol. The van der Waals surface area contributed by atoms with E-state index < -0.39 is 180 Å². The van der Waals surface area contributed by atoms with Crippen LogP contribution >= 0.6 is 12.2 Å². The van der Waals surface area contributed by atoms with Crippen LogP contribution in [0.3, 0.4) is 0 Å². The van der Waals surface area contributed by atoms with Gasteiger partial charge in [-0.15, -0.1) is 0 Å². The van der Waals surface area contributed by atoms with Gasteiger partial charge in [0.15, 0.2) is 52.3 Å². The SMILES string of the molecule is N=C(N)NCCC[C@@H](NC(=O)[C@@H](CCCNC(=N)N)NC(=O)[C@@H](CCCNC(=N)N)NC(=O)[C@@H](CCCNC(=N)N)NC(=O)[C@@H](CCCNC(=N)N)NC(=O)[C@@H](CCCNC(=N)N)NC(=O)[C@@H](CCCNC(=N)N)NC(=O)CCCNC(=O)[C@@H](CC(N)=O)NC(=O)CCC(=O)OCCNC(=S)Nc1ccc(-c2c3ccc(=O)cc-3oc3cc(O)ccc23)c(C(=O)O)c1)C(N)=O. The maximum Gasteiger partial charge on any atom is 0.336 e. The molecule has 1 aliphatic heterocycles. The number of hydrogen-bond acceptors (Lipinski definition) is 25. The van der Waals surface area contributed by atoms with Crippen molar-refractivity contribution in [3.63, 3.8) is 0 Å². The van der Waals surface area contributed by atoms with Gasteiger partial charge in [0.1, 0.15) is 72.0 Å². The summed E-state index contributed by atoms with van der Waals surface area (Å²) in [4.78, 5) is 190. The Bertz CT molecular complexity index is 4730. The van der Waals surface area contributed by atoms with Crippen LogP contribution in [0.5, 0.6) is 5.75 Å². The second-order valence-corrected chi connectivity index (χ2v) is 29.8. The van der Waals surface area contributed by atoms with Crippen LogP contribution in [0.2, 0.25) is 0 Å². The fourth-order valence-electron chi connectivity index (χ4n) is 12.7. The first-order chi connectivity index (χ1) is 61.6. The summed E-state index contributed by atoms with van der Waals surface area (Å²) in [7, 11) is 0. The standard InChI is InChI=1S/C77H120N34O18S/c78-56(114)38-53(105-58(116)23-24-59(117)128-34-33-102-77(130)103-39-17-20-42(45(35-39)69(126)127)60-43-21-18-40(112)36-54(43)129-55-37-41(113)19-22-44(55)60)62(119)94-25-8-16-57(115)104-47(10-2-27-96-71(82)83)63(120)107-49(12-4-29-98-73(86)87)65(122)109-51(14-6-31-100-75(90)91)67(124)111-52(15-7-32-101-76(92)93)68(125)110-50(13-5-30-99-74(88)89)66(123)108-48(11-3-28-97-72(84)85)64(121)106-46(61(79)118)9-1-26-95-70(80)81/h17-22,35-37,46-53,112H,1-16,23-34,38H2,(H2,78,114)(H2,79,118)(H,94,119)(H,104,115)(H,105,116)(H,106,121)(H,107,120)(H,108,123)(H,109,122)(H,110,125)(H,111,124)(H,126,127)(H4,80,81,95)(H4,82,83,96)(H4,84,85,97)(H4,86,87,98)(H4,88,89,99)(H4,90,91,100)(H4,92,93,101)(H2,102,103,130)/t46-,47-,48-,49-,50-,51-,52-,53-/m1/s1. The highest BCUT2D eigenvalue weighted by Crippen LogP contribution is 2.42. The average molecular weight is 1840 g/mol. The van der Waals surface area contributed by atoms with E-state index in [2.05, 4.69) is 95.7 Å². The summed E-state index contributed by atoms with van der Waals surface area (Å²) >= 11 is 5.40. The number of fused-ring (bicyclic) bond motifs is 2. The van der Waals surface area contributed by atoms with Crippen molar-refractivity contribution in [1.82, 2.24) is 90.4 Å². The summed E-state index contributed by atoms with van der Waals surface area (Å²) in [6.07, 6.45) is -3.09. The molecule has 2 aromatic carbocycles. The summed E-state index contributed by atoms with van der Waals surface area (Å²) in [5.41, 5.74) is 50.6. The summed E-state index contributed by atoms with van der Waals surface area (Å²) in [5.74, 6) is -15.4. The van der Waals surface area contributed by atoms with E-state index in [1.165, 1.54) is 42.5 Å². The van der Waals surface area contributed by atoms with Crippen LogP contribution in [0.4, 0.5) is 5.69 Å². The minimum atomic E-state index is -1.60. The highest BCUT2D eigenvalue weighted by atomic mass is 32.1. The van der Waals surface area contributed by atoms with E-state index in [1.54, 1.807) is 12.1 Å². The molecule has 0 fully saturated rings. The number of thiocarbonyl (C=S) groups is 1. The van der Waals surface area contributed by atoms with Crippen LogP contribution in [0.1, 0.15) is 132 Å². The number of amides is 11. The van der Waals surface area contributed by atoms with Crippen LogP contribution in [-0.4, -0.2) is 248 Å². The Kier molecular flexibility index (Phi) is 46.5. The second kappa shape index (κ2) is 56.6. The number of ether oxygens (including phenoxy) is 1. The molecule has 0 spiro atoms. The van der Waals surface area contributed by atoms with E-state index in [0.717, 1.165) is 0 Å². The molecular weight excluding hydrogens is 1720 g/mol. The Hall–Kier alpha value is -15.4. The van der Waals surface area contributed by atoms with E-state index >= 15 is 0 Å². The van der Waals surface area contributed by atoms with Gasteiger partial charge in [-0.2, -0.15) is 0 Å². The van der Waals surface area contributed by atoms with Crippen molar-refractivity contribution in [2.45, 2.75) is 170 Å². The van der Waals surface area contributed by atoms with Crippen molar-refractivity contribution in [3.05, 3.63) is 70.4 Å². The molecule has 0 radical (unpaired) electrons. The summed E-state index contributed by atoms with van der Waals surface area (Å²) in [5, 5.41) is 121. The third-order valence-corrected chi connectivity index (χ3v) is 19.2. The zero-order chi connectivity index (χ0) is 96.5. The van der Waals surface area contributed by atoms with Crippen LogP contribution in [0, 0.1) is 37.9 Å². The first-order valence-electron chi connectivity index (χ1n) is 41.2. The topological polar surface area (TPSA) is 919 Å². The van der Waals surface area contributed by atoms with Gasteiger partial charge in [-0.25, -0.2) is 4.79 Å². The van der Waals surface area contributed by atoms with Gasteiger partial charge in [0.05, 0.1) is 24.9 Å². The van der Waals surface area contributed by atoms with Gasteiger partial charge in [0, 0.05) is 99.5 Å². The molecule has 0 saturated carbocycles. The van der Waals surface area contributed by atoms with Gasteiger partial charge >= 0.3 is 11.9 Å². The second-order valence-electron chi connectivity index (χ2n) is 29.4. The molecule has 4 rings (SSSR count). The van der Waals surface area contributed by atoms with E-state index in [0.29, 0.717) is 16.5 Å². The predicted molar refractivity (Wildman–Crippen MR) is 482 cm³/mol. The Morgan fingerprint density at radius 3 is 1.15 bits per heavy atom. The molecule has 11 amide bonds. The number of nitrogens with one attached hydrogen (secondary N) is 25. The highest BCUT2D eigenvalue weighted by molar-refractivity contribution is 7.80. The highest BCUT2D eigenvalue weighted by Gasteiger charge is 2.36. The van der Waals surface area contributed by atoms with Gasteiger partial charge in [0.2, 0.25) is 65.0 Å². The van der Waals surface area contributed by atoms with Gasteiger partial charge in [0.25, 0.3) is 0 Å². The molecule has 53 heteroatoms. The lowest BCUT2D eigenvalue weighted by Gasteiger charge is -2.28. The van der Waals surface area contributed by atoms with Gasteiger partial charge < -0.3 is 167 Å². The molecule has 0 saturated heterocycles. The quantitative estimate of drug-likeness (QED) is 0.00488. The zero-order valence-corrected chi connectivity index (χ0v) is 72.2. The Balaban J connectivity index is 1.47. The Labute approximate surface area is 750 Å². The molecule has 712 valence electrons. The zero-order valence-electron chi connectivity index (χ0n) is 71.4. The maximum atomic E-state index is 14.9. The molecule has 1 aliphatic carbocycles. The van der Waals surface area contributed by atoms with E-state index in [4.69, 9.17) is 111 Å². The number of rotatable bonds is 59. The lowest BCUT2D eigenvalue weighted by atomic mass is 9.90. The number of hydrogen-bond donors (Lipinski definition) is 36. The van der Waals surface area contributed by atoms with Crippen LogP contribution < -0.4 is 153 Å². The van der Waals surface area contributed by atoms with Crippen LogP contribution in [-0.2, 0) is 62.3 Å². The Morgan fingerprint density at radius 1 is 0.392 bits per heavy atom. The minimum absolute atomic E-state index is 0.00104. The predicted octanol–water partition coefficient (Wildman–Crippen LogP) is -7.44. The van der Waals surface area contributed by atoms with E-state index in [-0.39, 0.29) is 219 Å². The molecule has 2 aromatic rings. The molecular formula is C77H120N34O18S. The molecule has 0 aromatic heterocycles. The third-order valence-electron chi connectivity index (χ3n) is 19.0. The van der Waals surface area contributed by atoms with Gasteiger partial charge in [-0.05, 0) is 150 Å². The largest absolute Gasteiger partial charge is 0.508 e. The first-order valence-corrected chi connectivity index (χ1v) is 41.6. The lowest BCUT2D eigenvalue weighted by Crippen LogP contribution is -2.60. The van der Waals surface area contributed by atoms with E-state index in [9.17, 15) is 77.3 Å². The van der Waals surface area contributed by atoms with Crippen LogP contribution in [0.15, 0.2) is 63.8 Å². The van der Waals surface area contributed by atoms with Crippen molar-refractivity contribution >= 4 is 153 Å². The number of phenols is 1. The molecule has 0 bridgehead atoms. The number of carbonyl (C=O) groups excluding carboxylic acids is 12. The molecule has 0 unspecified atom stereocenters. The van der Waals surface area contributed by atoms with Crippen LogP contribution in [0.25, 0.3) is 33.4 Å². The molecule has 1 heterocycles. The summed E-state index contributed by atoms with van der Waals surface area (Å²) < 4.78 is 11.1. The normalized spacial score (nSPS) is 12.6. The Morgan fingerprint density at radius 2 is 0.762 bits per heavy atom. The lowest BCUT2D eigenvalue weighted by molar-refractivity contribution is -0.145. The number of carboxylic acid groups (broad SMARTS) is 1. The van der Waals surface area contributed by atoms with Crippen molar-refractivity contribution in [1.29, 1.82) is 37.9 Å². The number of esters is 1. The molecule has 8 atom stereocenters. The number of phenolic OH excluding ortho intramolecular Hbond substituents is 1. The number of anilines is 1. The number of aromatic hydroxyl groups is 1. The first kappa shape index (κ1) is 107. The number of aromatic carboxylic acids is 1. The number of carboxylic acids is 1. The van der Waals surface area contributed by atoms with Crippen molar-refractivity contribution < 1.29 is 81.7 Å². The van der Waals surface area contributed by atoms with Gasteiger partial charge in [-0.3, -0.25) is 100 Å². The average Bonchev–Trinajstić information content (AvgIpc) is 0.746. The van der Waals surface area contributed by atoms with Crippen molar-refractivity contribution in [2.75, 3.05) is 70.8 Å². The molecule has 2 aliphatic rings. The minimum Gasteiger partial charge on any atom is -0.508 e. The van der Waals surface area contributed by atoms with Crippen molar-refractivity contribution in [3.8, 4) is 28.2 Å². The molecule has 45 N–H and O–H groups in total. The number of guanidine groups is 7. The number of carbonyl (C=O) groups is 13.